The van der Waals surface area contributed by atoms with Crippen molar-refractivity contribution in [1.29, 1.82) is 0 Å². The molecule has 0 fully saturated rings. The van der Waals surface area contributed by atoms with Gasteiger partial charge in [-0.3, -0.25) is 0 Å². The van der Waals surface area contributed by atoms with Crippen LogP contribution in [0, 0.1) is 0 Å². The summed E-state index contributed by atoms with van der Waals surface area (Å²) in [6.07, 6.45) is -2.33. The number of nitrogens with two attached hydrogens (primary N) is 4. The van der Waals surface area contributed by atoms with E-state index in [1.165, 1.54) is 0 Å². The summed E-state index contributed by atoms with van der Waals surface area (Å²) in [6.45, 7) is 0. The van der Waals surface area contributed by atoms with Gasteiger partial charge in [0.2, 0.25) is 0 Å². The second-order valence-corrected chi connectivity index (χ2v) is 0.250. The molecule has 0 amide bonds. The molecule has 64 valence electrons. The van der Waals surface area contributed by atoms with Gasteiger partial charge in [-0.2, -0.15) is 0 Å². The van der Waals surface area contributed by atoms with Crippen LogP contribution in [0.2, 0.25) is 0 Å². The number of rotatable bonds is 0. The molecule has 0 aromatic rings. The first-order valence-corrected chi connectivity index (χ1v) is 0.612. The van der Waals surface area contributed by atoms with E-state index in [2.05, 4.69) is 0 Å². The van der Waals surface area contributed by atoms with Crippen LogP contribution in [0.3, 0.4) is 0 Å². The summed E-state index contributed by atoms with van der Waals surface area (Å²) in [7, 11) is 0. The normalized spacial score (nSPS) is 2.67. The van der Waals surface area contributed by atoms with E-state index in [4.69, 9.17) is 15.0 Å². The smallest absolute Gasteiger partial charge is 0.693 e. The maximum Gasteiger partial charge on any atom is 2.00 e. The third kappa shape index (κ3) is 6450. The Kier molecular flexibility index (Phi) is 349. The van der Waals surface area contributed by atoms with Crippen molar-refractivity contribution in [3.8, 4) is 0 Å². The Morgan fingerprint density at radius 2 is 0.889 bits per heavy atom. The molecular formula is CH8N4O3Pt-4. The number of hydrogen-bond donors (Lipinski definition) is 0. The molecular weight excluding hydrogens is 311 g/mol. The molecule has 7 nitrogen and oxygen atoms in total. The second-order valence-electron chi connectivity index (χ2n) is 0.250. The third-order valence-corrected chi connectivity index (χ3v) is 0. The van der Waals surface area contributed by atoms with E-state index in [0.717, 1.165) is 0 Å². The van der Waals surface area contributed by atoms with Crippen molar-refractivity contribution in [3.63, 3.8) is 0 Å². The van der Waals surface area contributed by atoms with Gasteiger partial charge in [0.15, 0.2) is 0 Å². The van der Waals surface area contributed by atoms with Crippen molar-refractivity contribution in [3.05, 3.63) is 24.6 Å². The van der Waals surface area contributed by atoms with Crippen LogP contribution in [-0.4, -0.2) is 6.16 Å². The summed E-state index contributed by atoms with van der Waals surface area (Å²) in [5.74, 6) is 0. The topological polar surface area (TPSA) is 197 Å². The average Bonchev–Trinajstić information content (AvgIpc) is 0.811. The first-order chi connectivity index (χ1) is 1.73. The minimum atomic E-state index is -2.33. The van der Waals surface area contributed by atoms with Gasteiger partial charge in [0.05, 0.1) is 0 Å². The molecule has 0 aliphatic rings. The molecule has 0 saturated carbocycles. The first-order valence-electron chi connectivity index (χ1n) is 0.612. The number of carbonyl (C=O) groups is 1. The van der Waals surface area contributed by atoms with Gasteiger partial charge in [0.25, 0.3) is 0 Å². The van der Waals surface area contributed by atoms with E-state index < -0.39 is 6.16 Å². The van der Waals surface area contributed by atoms with Gasteiger partial charge in [0.1, 0.15) is 0 Å². The van der Waals surface area contributed by atoms with E-state index in [0.29, 0.717) is 0 Å². The van der Waals surface area contributed by atoms with E-state index in [-0.39, 0.29) is 45.7 Å². The molecule has 0 aromatic carbocycles. The summed E-state index contributed by atoms with van der Waals surface area (Å²) >= 11 is 0. The van der Waals surface area contributed by atoms with Crippen LogP contribution in [0.1, 0.15) is 0 Å². The Labute approximate surface area is 67.4 Å². The molecule has 0 aliphatic heterocycles. The average molecular weight is 319 g/mol. The molecule has 0 heterocycles. The summed E-state index contributed by atoms with van der Waals surface area (Å²) in [6, 6.07) is 0. The van der Waals surface area contributed by atoms with Crippen LogP contribution in [0.5, 0.6) is 0 Å². The van der Waals surface area contributed by atoms with Crippen LogP contribution in [0.4, 0.5) is 4.79 Å². The number of carbonyl (C=O) groups excluding carboxylic acids is 1. The maximum absolute atomic E-state index is 8.33. The van der Waals surface area contributed by atoms with Crippen LogP contribution in [-0.2, 0) is 21.1 Å². The minimum Gasteiger partial charge on any atom is -0.693 e. The quantitative estimate of drug-likeness (QED) is 0.624. The molecule has 0 atom stereocenters. The first kappa shape index (κ1) is 68.3. The van der Waals surface area contributed by atoms with Gasteiger partial charge in [-0.05, 0) is 6.16 Å². The predicted octanol–water partition coefficient (Wildman–Crippen LogP) is 0.419. The molecule has 0 bridgehead atoms. The van der Waals surface area contributed by atoms with Crippen LogP contribution in [0.15, 0.2) is 0 Å². The van der Waals surface area contributed by atoms with Crippen LogP contribution < -0.4 is 10.2 Å². The molecule has 0 unspecified atom stereocenters. The standard InChI is InChI=1S/CH2O3.4H2N.Pt/c2-1(3)4;;;;;/h(H2,2,3,4);4*1H2;/q;4*-1;+2/p-2. The Balaban J connectivity index is -0.00000000450. The Morgan fingerprint density at radius 1 is 0.889 bits per heavy atom. The minimum absolute atomic E-state index is 0. The van der Waals surface area contributed by atoms with Crippen LogP contribution in [0.25, 0.3) is 24.6 Å². The monoisotopic (exact) mass is 319 g/mol. The van der Waals surface area contributed by atoms with Crippen molar-refractivity contribution < 1.29 is 36.1 Å². The van der Waals surface area contributed by atoms with Gasteiger partial charge in [-0.25, -0.2) is 0 Å². The maximum atomic E-state index is 8.33. The zero-order valence-corrected chi connectivity index (χ0v) is 6.62. The Hall–Kier alpha value is -0.202. The van der Waals surface area contributed by atoms with Gasteiger partial charge >= 0.3 is 21.1 Å². The second kappa shape index (κ2) is 46.0. The fraction of sp³-hybridized carbons (Fsp3) is 0. The fourth-order valence-corrected chi connectivity index (χ4v) is 0. The Morgan fingerprint density at radius 3 is 0.889 bits per heavy atom. The molecule has 0 saturated heterocycles. The van der Waals surface area contributed by atoms with E-state index >= 15 is 0 Å². The fourth-order valence-electron chi connectivity index (χ4n) is 0. The zero-order chi connectivity index (χ0) is 3.58. The van der Waals surface area contributed by atoms with Crippen LogP contribution >= 0.6 is 0 Å². The third-order valence-electron chi connectivity index (χ3n) is 0. The van der Waals surface area contributed by atoms with Gasteiger partial charge in [0, 0.05) is 0 Å². The van der Waals surface area contributed by atoms with Crippen molar-refractivity contribution in [2.24, 2.45) is 0 Å². The summed E-state index contributed by atoms with van der Waals surface area (Å²) in [4.78, 5) is 8.33. The number of hydrogen-bond acceptors (Lipinski definition) is 3. The molecule has 9 heavy (non-hydrogen) atoms. The summed E-state index contributed by atoms with van der Waals surface area (Å²) < 4.78 is 0. The van der Waals surface area contributed by atoms with E-state index in [9.17, 15) is 0 Å². The zero-order valence-electron chi connectivity index (χ0n) is 4.35. The largest absolute Gasteiger partial charge is 2.00 e. The summed E-state index contributed by atoms with van der Waals surface area (Å²) in [5.41, 5.74) is 0. The van der Waals surface area contributed by atoms with Gasteiger partial charge in [-0.1, -0.05) is 0 Å². The van der Waals surface area contributed by atoms with Crippen molar-refractivity contribution in [2.75, 3.05) is 0 Å². The van der Waals surface area contributed by atoms with Crippen molar-refractivity contribution in [2.45, 2.75) is 0 Å². The SMILES string of the molecule is O=C([O-])[O-].[NH2-].[NH2-].[NH2-].[NH2-].[Pt+2]. The summed E-state index contributed by atoms with van der Waals surface area (Å²) in [5, 5.41) is 16.7. The Bertz CT molecular complexity index is 38.8. The molecule has 0 aromatic heterocycles. The molecule has 8 N–H and O–H groups in total. The van der Waals surface area contributed by atoms with Crippen molar-refractivity contribution >= 4 is 6.16 Å². The van der Waals surface area contributed by atoms with E-state index in [1.807, 2.05) is 0 Å². The molecule has 0 spiro atoms. The molecule has 8 heteroatoms. The van der Waals surface area contributed by atoms with Gasteiger partial charge < -0.3 is 39.6 Å². The van der Waals surface area contributed by atoms with Gasteiger partial charge in [-0.15, -0.1) is 0 Å². The molecule has 0 rings (SSSR count). The predicted molar refractivity (Wildman–Crippen MR) is 26.5 cm³/mol. The molecule has 0 aliphatic carbocycles. The number of carboxylic acid groups (broad SMARTS) is 2. The molecule has 0 radical (unpaired) electrons. The van der Waals surface area contributed by atoms with E-state index in [1.54, 1.807) is 0 Å². The van der Waals surface area contributed by atoms with Crippen molar-refractivity contribution in [1.82, 2.24) is 0 Å².